The lowest BCUT2D eigenvalue weighted by molar-refractivity contribution is -0.160. The monoisotopic (exact) mass is 200 g/mol. The Morgan fingerprint density at radius 3 is 2.29 bits per heavy atom. The molecule has 1 fully saturated rings. The van der Waals surface area contributed by atoms with Crippen molar-refractivity contribution in [3.05, 3.63) is 0 Å². The summed E-state index contributed by atoms with van der Waals surface area (Å²) >= 11 is 0. The highest BCUT2D eigenvalue weighted by Gasteiger charge is 2.44. The van der Waals surface area contributed by atoms with Crippen LogP contribution in [-0.2, 0) is 9.53 Å². The summed E-state index contributed by atoms with van der Waals surface area (Å²) in [5, 5.41) is 9.43. The Morgan fingerprint density at radius 1 is 1.43 bits per heavy atom. The van der Waals surface area contributed by atoms with E-state index in [1.807, 2.05) is 0 Å². The third kappa shape index (κ3) is 1.92. The fourth-order valence-corrected chi connectivity index (χ4v) is 2.34. The van der Waals surface area contributed by atoms with E-state index in [1.165, 1.54) is 7.11 Å². The molecular formula is C11H20O3. The van der Waals surface area contributed by atoms with E-state index < -0.39 is 0 Å². The zero-order valence-electron chi connectivity index (χ0n) is 9.25. The van der Waals surface area contributed by atoms with Crippen LogP contribution >= 0.6 is 0 Å². The average Bonchev–Trinajstić information content (AvgIpc) is 2.18. The number of methoxy groups -OCH3 is 1. The number of ether oxygens (including phenoxy) is 1. The number of aliphatic hydroxyl groups is 1. The molecule has 0 aromatic carbocycles. The van der Waals surface area contributed by atoms with Gasteiger partial charge in [0.2, 0.25) is 0 Å². The van der Waals surface area contributed by atoms with Crippen molar-refractivity contribution in [3.8, 4) is 0 Å². The maximum absolute atomic E-state index is 11.7. The van der Waals surface area contributed by atoms with Gasteiger partial charge in [0.15, 0.2) is 0 Å². The van der Waals surface area contributed by atoms with Gasteiger partial charge in [-0.2, -0.15) is 0 Å². The van der Waals surface area contributed by atoms with Gasteiger partial charge in [0, 0.05) is 0 Å². The van der Waals surface area contributed by atoms with Crippen LogP contribution < -0.4 is 0 Å². The van der Waals surface area contributed by atoms with E-state index in [4.69, 9.17) is 4.74 Å². The number of hydrogen-bond acceptors (Lipinski definition) is 3. The van der Waals surface area contributed by atoms with Gasteiger partial charge < -0.3 is 9.84 Å². The lowest BCUT2D eigenvalue weighted by Crippen LogP contribution is -2.41. The lowest BCUT2D eigenvalue weighted by Gasteiger charge is -2.39. The summed E-state index contributed by atoms with van der Waals surface area (Å²) in [6, 6.07) is 0. The van der Waals surface area contributed by atoms with E-state index in [2.05, 4.69) is 13.8 Å². The van der Waals surface area contributed by atoms with Crippen LogP contribution in [0.5, 0.6) is 0 Å². The van der Waals surface area contributed by atoms with Crippen molar-refractivity contribution < 1.29 is 14.6 Å². The molecule has 0 atom stereocenters. The summed E-state index contributed by atoms with van der Waals surface area (Å²) < 4.78 is 4.87. The minimum Gasteiger partial charge on any atom is -0.469 e. The number of carbonyl (C=O) groups is 1. The summed E-state index contributed by atoms with van der Waals surface area (Å²) in [5.41, 5.74) is -0.353. The molecule has 0 heterocycles. The second kappa shape index (κ2) is 4.30. The molecule has 0 amide bonds. The smallest absolute Gasteiger partial charge is 0.312 e. The van der Waals surface area contributed by atoms with Crippen molar-refractivity contribution in [2.75, 3.05) is 7.11 Å². The van der Waals surface area contributed by atoms with Gasteiger partial charge in [-0.3, -0.25) is 4.79 Å². The standard InChI is InChI=1S/C11H20O3/c1-8(2)11(10(13)14-3)6-4-9(12)5-7-11/h8-9,12H,4-7H2,1-3H3. The zero-order valence-corrected chi connectivity index (χ0v) is 9.25. The summed E-state index contributed by atoms with van der Waals surface area (Å²) in [6.45, 7) is 4.10. The molecule has 0 saturated heterocycles. The Bertz CT molecular complexity index is 203. The second-order valence-electron chi connectivity index (χ2n) is 4.53. The molecule has 14 heavy (non-hydrogen) atoms. The van der Waals surface area contributed by atoms with Gasteiger partial charge in [0.25, 0.3) is 0 Å². The Hall–Kier alpha value is -0.570. The van der Waals surface area contributed by atoms with Gasteiger partial charge >= 0.3 is 5.97 Å². The van der Waals surface area contributed by atoms with Crippen LogP contribution in [0.4, 0.5) is 0 Å². The number of esters is 1. The number of hydrogen-bond donors (Lipinski definition) is 1. The maximum atomic E-state index is 11.7. The van der Waals surface area contributed by atoms with E-state index in [-0.39, 0.29) is 23.4 Å². The SMILES string of the molecule is COC(=O)C1(C(C)C)CCC(O)CC1. The van der Waals surface area contributed by atoms with Crippen molar-refractivity contribution in [1.82, 2.24) is 0 Å². The third-order valence-electron chi connectivity index (χ3n) is 3.54. The van der Waals surface area contributed by atoms with Crippen LogP contribution in [-0.4, -0.2) is 24.3 Å². The topological polar surface area (TPSA) is 46.5 Å². The van der Waals surface area contributed by atoms with E-state index >= 15 is 0 Å². The average molecular weight is 200 g/mol. The van der Waals surface area contributed by atoms with Crippen LogP contribution in [0.25, 0.3) is 0 Å². The Kier molecular flexibility index (Phi) is 3.53. The summed E-state index contributed by atoms with van der Waals surface area (Å²) in [6.07, 6.45) is 2.70. The van der Waals surface area contributed by atoms with Crippen LogP contribution in [0, 0.1) is 11.3 Å². The van der Waals surface area contributed by atoms with Gasteiger partial charge in [-0.1, -0.05) is 13.8 Å². The molecule has 0 aliphatic heterocycles. The summed E-state index contributed by atoms with van der Waals surface area (Å²) in [7, 11) is 1.44. The van der Waals surface area contributed by atoms with Crippen molar-refractivity contribution in [3.63, 3.8) is 0 Å². The van der Waals surface area contributed by atoms with Crippen LogP contribution in [0.15, 0.2) is 0 Å². The molecule has 1 rings (SSSR count). The van der Waals surface area contributed by atoms with E-state index in [9.17, 15) is 9.90 Å². The third-order valence-corrected chi connectivity index (χ3v) is 3.54. The molecule has 3 nitrogen and oxygen atoms in total. The number of rotatable bonds is 2. The van der Waals surface area contributed by atoms with Crippen LogP contribution in [0.1, 0.15) is 39.5 Å². The highest BCUT2D eigenvalue weighted by Crippen LogP contribution is 2.43. The number of aliphatic hydroxyl groups excluding tert-OH is 1. The fourth-order valence-electron chi connectivity index (χ4n) is 2.34. The van der Waals surface area contributed by atoms with Gasteiger partial charge in [0.05, 0.1) is 18.6 Å². The second-order valence-corrected chi connectivity index (χ2v) is 4.53. The minimum absolute atomic E-state index is 0.112. The molecule has 1 aliphatic rings. The summed E-state index contributed by atoms with van der Waals surface area (Å²) in [4.78, 5) is 11.7. The number of carbonyl (C=O) groups excluding carboxylic acids is 1. The Morgan fingerprint density at radius 2 is 1.93 bits per heavy atom. The molecule has 3 heteroatoms. The maximum Gasteiger partial charge on any atom is 0.312 e. The molecule has 0 aromatic heterocycles. The molecule has 0 aromatic rings. The fraction of sp³-hybridized carbons (Fsp3) is 0.909. The molecule has 1 aliphatic carbocycles. The molecule has 1 saturated carbocycles. The van der Waals surface area contributed by atoms with Crippen LogP contribution in [0.3, 0.4) is 0 Å². The molecule has 1 N–H and O–H groups in total. The van der Waals surface area contributed by atoms with E-state index in [0.717, 1.165) is 12.8 Å². The van der Waals surface area contributed by atoms with E-state index in [1.54, 1.807) is 0 Å². The first-order chi connectivity index (χ1) is 6.53. The van der Waals surface area contributed by atoms with Crippen LogP contribution in [0.2, 0.25) is 0 Å². The predicted octanol–water partition coefficient (Wildman–Crippen LogP) is 1.74. The van der Waals surface area contributed by atoms with Gasteiger partial charge in [0.1, 0.15) is 0 Å². The highest BCUT2D eigenvalue weighted by atomic mass is 16.5. The van der Waals surface area contributed by atoms with Gasteiger partial charge in [-0.15, -0.1) is 0 Å². The normalized spacial score (nSPS) is 33.1. The molecule has 82 valence electrons. The van der Waals surface area contributed by atoms with E-state index in [0.29, 0.717) is 12.8 Å². The molecule has 0 spiro atoms. The first-order valence-corrected chi connectivity index (χ1v) is 5.29. The van der Waals surface area contributed by atoms with Gasteiger partial charge in [-0.05, 0) is 31.6 Å². The largest absolute Gasteiger partial charge is 0.469 e. The lowest BCUT2D eigenvalue weighted by atomic mass is 9.66. The Balaban J connectivity index is 2.78. The predicted molar refractivity (Wildman–Crippen MR) is 53.8 cm³/mol. The highest BCUT2D eigenvalue weighted by molar-refractivity contribution is 5.77. The van der Waals surface area contributed by atoms with Crippen molar-refractivity contribution in [2.24, 2.45) is 11.3 Å². The zero-order chi connectivity index (χ0) is 10.8. The van der Waals surface area contributed by atoms with Gasteiger partial charge in [-0.25, -0.2) is 0 Å². The first kappa shape index (κ1) is 11.5. The molecular weight excluding hydrogens is 180 g/mol. The van der Waals surface area contributed by atoms with Crippen molar-refractivity contribution >= 4 is 5.97 Å². The molecule has 0 unspecified atom stereocenters. The van der Waals surface area contributed by atoms with Crippen molar-refractivity contribution in [2.45, 2.75) is 45.6 Å². The summed E-state index contributed by atoms with van der Waals surface area (Å²) in [5.74, 6) is 0.168. The first-order valence-electron chi connectivity index (χ1n) is 5.29. The Labute approximate surface area is 85.5 Å². The minimum atomic E-state index is -0.353. The van der Waals surface area contributed by atoms with Crippen molar-refractivity contribution in [1.29, 1.82) is 0 Å². The molecule has 0 bridgehead atoms. The molecule has 0 radical (unpaired) electrons. The quantitative estimate of drug-likeness (QED) is 0.691.